The van der Waals surface area contributed by atoms with Gasteiger partial charge in [-0.1, -0.05) is 24.3 Å². The van der Waals surface area contributed by atoms with Gasteiger partial charge in [0.05, 0.1) is 0 Å². The Bertz CT molecular complexity index is 961. The van der Waals surface area contributed by atoms with Gasteiger partial charge in [0.1, 0.15) is 5.75 Å². The zero-order chi connectivity index (χ0) is 23.5. The molecule has 2 aromatic rings. The van der Waals surface area contributed by atoms with Crippen molar-refractivity contribution in [3.8, 4) is 5.75 Å². The Morgan fingerprint density at radius 3 is 2.31 bits per heavy atom. The molecule has 0 bridgehead atoms. The van der Waals surface area contributed by atoms with Crippen molar-refractivity contribution < 1.29 is 19.4 Å². The maximum absolute atomic E-state index is 13.1. The van der Waals surface area contributed by atoms with Crippen molar-refractivity contribution >= 4 is 23.5 Å². The summed E-state index contributed by atoms with van der Waals surface area (Å²) in [6.45, 7) is 8.59. The van der Waals surface area contributed by atoms with E-state index in [0.717, 1.165) is 47.5 Å². The largest absolute Gasteiger partial charge is 0.478 e. The van der Waals surface area contributed by atoms with Gasteiger partial charge in [0.25, 0.3) is 0 Å². The van der Waals surface area contributed by atoms with Crippen molar-refractivity contribution in [2.75, 3.05) is 19.3 Å². The monoisotopic (exact) mass is 455 g/mol. The number of nitrogens with one attached hydrogen (secondary N) is 1. The van der Waals surface area contributed by atoms with Crippen molar-refractivity contribution in [1.29, 1.82) is 0 Å². The van der Waals surface area contributed by atoms with Crippen LogP contribution in [0, 0.1) is 25.7 Å². The molecular formula is C26H33NO4S. The van der Waals surface area contributed by atoms with E-state index in [-0.39, 0.29) is 11.7 Å². The normalized spacial score (nSPS) is 18.5. The van der Waals surface area contributed by atoms with Crippen LogP contribution in [0.2, 0.25) is 0 Å². The number of carboxylic acids is 1. The van der Waals surface area contributed by atoms with Crippen LogP contribution in [0.5, 0.6) is 5.75 Å². The molecule has 2 N–H and O–H groups in total. The molecule has 2 atom stereocenters. The molecule has 2 unspecified atom stereocenters. The van der Waals surface area contributed by atoms with Gasteiger partial charge in [-0.15, -0.1) is 11.8 Å². The minimum absolute atomic E-state index is 0.00343. The van der Waals surface area contributed by atoms with Crippen molar-refractivity contribution in [3.63, 3.8) is 0 Å². The molecule has 3 rings (SSSR count). The molecule has 6 heteroatoms. The molecule has 0 saturated carbocycles. The van der Waals surface area contributed by atoms with Crippen molar-refractivity contribution in [2.45, 2.75) is 51.0 Å². The third kappa shape index (κ3) is 5.54. The van der Waals surface area contributed by atoms with E-state index >= 15 is 0 Å². The minimum Gasteiger partial charge on any atom is -0.478 e. The summed E-state index contributed by atoms with van der Waals surface area (Å²) >= 11 is 1.67. The molecule has 1 heterocycles. The Balaban J connectivity index is 1.67. The first kappa shape index (κ1) is 24.3. The molecule has 5 nitrogen and oxygen atoms in total. The second kappa shape index (κ2) is 10.1. The van der Waals surface area contributed by atoms with Gasteiger partial charge < -0.3 is 15.2 Å². The second-order valence-corrected chi connectivity index (χ2v) is 10.0. The van der Waals surface area contributed by atoms with Crippen LogP contribution < -0.4 is 10.1 Å². The number of thioether (sulfide) groups is 1. The molecule has 0 aliphatic carbocycles. The fraction of sp³-hybridized carbons (Fsp3) is 0.462. The molecule has 1 saturated heterocycles. The fourth-order valence-electron chi connectivity index (χ4n) is 4.31. The SMILES string of the molecule is CSc1ccc(C(=O)C2CNCC2CCc2cc(C)c(OC(C)(C)C(=O)O)c(C)c2)cc1. The number of benzene rings is 2. The number of aryl methyl sites for hydroxylation is 3. The highest BCUT2D eigenvalue weighted by atomic mass is 32.2. The summed E-state index contributed by atoms with van der Waals surface area (Å²) in [6.07, 6.45) is 3.82. The molecule has 32 heavy (non-hydrogen) atoms. The smallest absolute Gasteiger partial charge is 0.347 e. The molecule has 172 valence electrons. The van der Waals surface area contributed by atoms with Crippen LogP contribution in [0.1, 0.15) is 47.3 Å². The van der Waals surface area contributed by atoms with E-state index in [4.69, 9.17) is 4.74 Å². The zero-order valence-electron chi connectivity index (χ0n) is 19.5. The van der Waals surface area contributed by atoms with E-state index in [2.05, 4.69) is 17.4 Å². The van der Waals surface area contributed by atoms with Crippen LogP contribution in [0.3, 0.4) is 0 Å². The lowest BCUT2D eigenvalue weighted by Crippen LogP contribution is -2.38. The maximum Gasteiger partial charge on any atom is 0.347 e. The van der Waals surface area contributed by atoms with Gasteiger partial charge in [-0.2, -0.15) is 0 Å². The molecule has 1 aliphatic rings. The summed E-state index contributed by atoms with van der Waals surface area (Å²) in [7, 11) is 0. The van der Waals surface area contributed by atoms with Crippen LogP contribution in [0.15, 0.2) is 41.3 Å². The molecule has 2 aromatic carbocycles. The van der Waals surface area contributed by atoms with Gasteiger partial charge in [-0.05, 0) is 88.1 Å². The predicted octanol–water partition coefficient (Wildman–Crippen LogP) is 4.92. The number of carboxylic acid groups (broad SMARTS) is 1. The van der Waals surface area contributed by atoms with Gasteiger partial charge in [0.2, 0.25) is 0 Å². The number of ether oxygens (including phenoxy) is 1. The van der Waals surface area contributed by atoms with Crippen molar-refractivity contribution in [1.82, 2.24) is 5.32 Å². The number of carbonyl (C=O) groups is 2. The second-order valence-electron chi connectivity index (χ2n) is 9.13. The number of aliphatic carboxylic acids is 1. The standard InChI is InChI=1S/C26H33NO4S/c1-16-12-18(13-17(2)24(16)31-26(3,4)25(29)30)6-7-20-14-27-15-22(20)23(28)19-8-10-21(32-5)11-9-19/h8-13,20,22,27H,6-7,14-15H2,1-5H3,(H,29,30). The molecule has 0 amide bonds. The fourth-order valence-corrected chi connectivity index (χ4v) is 4.72. The Morgan fingerprint density at radius 2 is 1.75 bits per heavy atom. The first-order valence-corrected chi connectivity index (χ1v) is 12.3. The molecule has 0 radical (unpaired) electrons. The average molecular weight is 456 g/mol. The highest BCUT2D eigenvalue weighted by Crippen LogP contribution is 2.31. The molecule has 0 spiro atoms. The van der Waals surface area contributed by atoms with Gasteiger partial charge in [-0.25, -0.2) is 4.79 Å². The summed E-state index contributed by atoms with van der Waals surface area (Å²) in [4.78, 5) is 25.7. The van der Waals surface area contributed by atoms with Crippen LogP contribution in [0.4, 0.5) is 0 Å². The number of hydrogen-bond acceptors (Lipinski definition) is 5. The molecule has 1 aliphatic heterocycles. The van der Waals surface area contributed by atoms with Crippen LogP contribution in [0.25, 0.3) is 0 Å². The van der Waals surface area contributed by atoms with Crippen molar-refractivity contribution in [3.05, 3.63) is 58.7 Å². The van der Waals surface area contributed by atoms with E-state index in [1.165, 1.54) is 5.56 Å². The number of ketones is 1. The Morgan fingerprint density at radius 1 is 1.12 bits per heavy atom. The third-order valence-corrected chi connectivity index (χ3v) is 6.99. The van der Waals surface area contributed by atoms with E-state index in [0.29, 0.717) is 11.7 Å². The summed E-state index contributed by atoms with van der Waals surface area (Å²) in [5.41, 5.74) is 2.55. The average Bonchev–Trinajstić information content (AvgIpc) is 3.23. The van der Waals surface area contributed by atoms with Crippen LogP contribution in [-0.4, -0.2) is 41.8 Å². The Hall–Kier alpha value is -2.31. The highest BCUT2D eigenvalue weighted by molar-refractivity contribution is 7.98. The lowest BCUT2D eigenvalue weighted by Gasteiger charge is -2.25. The van der Waals surface area contributed by atoms with E-state index < -0.39 is 11.6 Å². The summed E-state index contributed by atoms with van der Waals surface area (Å²) in [6, 6.07) is 12.0. The third-order valence-electron chi connectivity index (χ3n) is 6.25. The maximum atomic E-state index is 13.1. The number of rotatable bonds is 9. The lowest BCUT2D eigenvalue weighted by atomic mass is 9.84. The van der Waals surface area contributed by atoms with Crippen LogP contribution >= 0.6 is 11.8 Å². The first-order chi connectivity index (χ1) is 15.1. The van der Waals surface area contributed by atoms with Crippen molar-refractivity contribution in [2.24, 2.45) is 11.8 Å². The Labute approximate surface area is 194 Å². The van der Waals surface area contributed by atoms with E-state index in [1.807, 2.05) is 44.4 Å². The molecule has 1 fully saturated rings. The topological polar surface area (TPSA) is 75.6 Å². The lowest BCUT2D eigenvalue weighted by molar-refractivity contribution is -0.152. The predicted molar refractivity (Wildman–Crippen MR) is 129 cm³/mol. The highest BCUT2D eigenvalue weighted by Gasteiger charge is 2.33. The number of carbonyl (C=O) groups excluding carboxylic acids is 1. The first-order valence-electron chi connectivity index (χ1n) is 11.0. The van der Waals surface area contributed by atoms with E-state index in [1.54, 1.807) is 25.6 Å². The number of hydrogen-bond donors (Lipinski definition) is 2. The van der Waals surface area contributed by atoms with E-state index in [9.17, 15) is 14.7 Å². The summed E-state index contributed by atoms with van der Waals surface area (Å²) in [5.74, 6) is 0.152. The quantitative estimate of drug-likeness (QED) is 0.413. The molecular weight excluding hydrogens is 422 g/mol. The van der Waals surface area contributed by atoms with Gasteiger partial charge >= 0.3 is 5.97 Å². The summed E-state index contributed by atoms with van der Waals surface area (Å²) in [5, 5.41) is 12.8. The zero-order valence-corrected chi connectivity index (χ0v) is 20.3. The van der Waals surface area contributed by atoms with Gasteiger partial charge in [0.15, 0.2) is 11.4 Å². The minimum atomic E-state index is -1.28. The van der Waals surface area contributed by atoms with Gasteiger partial charge in [-0.3, -0.25) is 4.79 Å². The van der Waals surface area contributed by atoms with Gasteiger partial charge in [0, 0.05) is 22.9 Å². The van der Waals surface area contributed by atoms with Crippen LogP contribution in [-0.2, 0) is 11.2 Å². The Kier molecular flexibility index (Phi) is 7.67. The summed E-state index contributed by atoms with van der Waals surface area (Å²) < 4.78 is 5.82. The number of Topliss-reactive ketones (excluding diaryl/α,β-unsaturated/α-hetero) is 1. The molecule has 0 aromatic heterocycles.